The second kappa shape index (κ2) is 6.39. The van der Waals surface area contributed by atoms with Gasteiger partial charge in [-0.05, 0) is 12.8 Å². The second-order valence-corrected chi connectivity index (χ2v) is 7.34. The average Bonchev–Trinajstić information content (AvgIpc) is 3.18. The summed E-state index contributed by atoms with van der Waals surface area (Å²) in [5, 5.41) is 10.0. The van der Waals surface area contributed by atoms with Gasteiger partial charge in [0, 0.05) is 30.3 Å². The highest BCUT2D eigenvalue weighted by Gasteiger charge is 2.21. The van der Waals surface area contributed by atoms with Crippen LogP contribution < -0.4 is 10.2 Å². The summed E-state index contributed by atoms with van der Waals surface area (Å²) in [6, 6.07) is 1.81. The summed E-state index contributed by atoms with van der Waals surface area (Å²) in [5.74, 6) is 0.594. The maximum atomic E-state index is 12.5. The van der Waals surface area contributed by atoms with Crippen LogP contribution in [-0.2, 0) is 5.41 Å². The van der Waals surface area contributed by atoms with E-state index in [1.807, 2.05) is 6.07 Å². The molecule has 1 aliphatic heterocycles. The molecule has 3 rings (SSSR count). The number of halogens is 1. The normalized spacial score (nSPS) is 14.9. The highest BCUT2D eigenvalue weighted by atomic mass is 35.5. The lowest BCUT2D eigenvalue weighted by Crippen LogP contribution is -2.23. The van der Waals surface area contributed by atoms with Gasteiger partial charge in [0.1, 0.15) is 0 Å². The molecule has 2 N–H and O–H groups in total. The molecule has 0 bridgehead atoms. The lowest BCUT2D eigenvalue weighted by Gasteiger charge is -2.15. The van der Waals surface area contributed by atoms with E-state index in [-0.39, 0.29) is 16.1 Å². The molecule has 0 unspecified atom stereocenters. The van der Waals surface area contributed by atoms with Gasteiger partial charge in [-0.3, -0.25) is 9.89 Å². The van der Waals surface area contributed by atoms with Crippen molar-refractivity contribution in [3.63, 3.8) is 0 Å². The second-order valence-electron chi connectivity index (χ2n) is 6.93. The number of H-pyrrole nitrogens is 1. The van der Waals surface area contributed by atoms with Gasteiger partial charge in [-0.15, -0.1) is 0 Å². The predicted molar refractivity (Wildman–Crippen MR) is 93.7 cm³/mol. The molecule has 2 aromatic rings. The van der Waals surface area contributed by atoms with Crippen molar-refractivity contribution in [2.75, 3.05) is 23.3 Å². The summed E-state index contributed by atoms with van der Waals surface area (Å²) >= 11 is 6.11. The van der Waals surface area contributed by atoms with Crippen LogP contribution in [0, 0.1) is 0 Å². The van der Waals surface area contributed by atoms with E-state index >= 15 is 0 Å². The molecule has 0 radical (unpaired) electrons. The van der Waals surface area contributed by atoms with Crippen molar-refractivity contribution in [3.05, 3.63) is 28.7 Å². The number of nitrogens with zero attached hydrogens (tertiary/aromatic N) is 4. The topological polar surface area (TPSA) is 86.8 Å². The van der Waals surface area contributed by atoms with E-state index in [2.05, 4.69) is 51.2 Å². The minimum atomic E-state index is -0.394. The molecule has 1 aliphatic rings. The van der Waals surface area contributed by atoms with Crippen LogP contribution in [0.1, 0.15) is 49.8 Å². The van der Waals surface area contributed by atoms with Crippen LogP contribution in [0.15, 0.2) is 12.3 Å². The van der Waals surface area contributed by atoms with Gasteiger partial charge in [-0.1, -0.05) is 32.4 Å². The molecule has 3 heterocycles. The smallest absolute Gasteiger partial charge is 0.277 e. The third-order valence-electron chi connectivity index (χ3n) is 3.96. The molecule has 8 heteroatoms. The van der Waals surface area contributed by atoms with Gasteiger partial charge in [-0.25, -0.2) is 9.97 Å². The van der Waals surface area contributed by atoms with Gasteiger partial charge in [0.05, 0.1) is 11.2 Å². The fourth-order valence-corrected chi connectivity index (χ4v) is 2.71. The number of hydrogen-bond donors (Lipinski definition) is 2. The van der Waals surface area contributed by atoms with Crippen molar-refractivity contribution in [1.29, 1.82) is 0 Å². The predicted octanol–water partition coefficient (Wildman–Crippen LogP) is 3.00. The first-order valence-electron chi connectivity index (χ1n) is 7.99. The molecule has 1 amide bonds. The lowest BCUT2D eigenvalue weighted by atomic mass is 9.92. The number of carbonyl (C=O) groups excluding carboxylic acids is 1. The van der Waals surface area contributed by atoms with Crippen LogP contribution in [0.2, 0.25) is 5.02 Å². The number of nitrogens with one attached hydrogen (secondary N) is 2. The van der Waals surface area contributed by atoms with Crippen molar-refractivity contribution in [2.45, 2.75) is 39.0 Å². The van der Waals surface area contributed by atoms with Gasteiger partial charge in [0.2, 0.25) is 5.95 Å². The largest absolute Gasteiger partial charge is 0.341 e. The summed E-state index contributed by atoms with van der Waals surface area (Å²) in [6.45, 7) is 8.00. The van der Waals surface area contributed by atoms with Crippen molar-refractivity contribution >= 4 is 29.3 Å². The zero-order valence-corrected chi connectivity index (χ0v) is 14.8. The summed E-state index contributed by atoms with van der Waals surface area (Å²) in [7, 11) is 0. The molecule has 24 heavy (non-hydrogen) atoms. The van der Waals surface area contributed by atoms with Crippen molar-refractivity contribution in [2.24, 2.45) is 0 Å². The molecule has 0 saturated carbocycles. The summed E-state index contributed by atoms with van der Waals surface area (Å²) < 4.78 is 0. The number of anilines is 2. The molecule has 128 valence electrons. The minimum Gasteiger partial charge on any atom is -0.341 e. The van der Waals surface area contributed by atoms with E-state index < -0.39 is 5.91 Å². The standard InChI is InChI=1S/C16H21ClN6O/c1-16(2,3)11-8-12(22-21-11)19-14(24)13-10(17)9-18-15(20-13)23-6-4-5-7-23/h8-9H,4-7H2,1-3H3,(H2,19,21,22,24). The first kappa shape index (κ1) is 16.7. The Morgan fingerprint density at radius 1 is 1.33 bits per heavy atom. The van der Waals surface area contributed by atoms with E-state index in [4.69, 9.17) is 11.6 Å². The summed E-state index contributed by atoms with van der Waals surface area (Å²) in [5.41, 5.74) is 1.02. The number of aromatic nitrogens is 4. The summed E-state index contributed by atoms with van der Waals surface area (Å²) in [4.78, 5) is 23.1. The number of amides is 1. The first-order valence-corrected chi connectivity index (χ1v) is 8.37. The van der Waals surface area contributed by atoms with E-state index in [0.717, 1.165) is 31.6 Å². The molecule has 1 saturated heterocycles. The van der Waals surface area contributed by atoms with Crippen LogP contribution >= 0.6 is 11.6 Å². The molecular formula is C16H21ClN6O. The van der Waals surface area contributed by atoms with Crippen LogP contribution in [0.4, 0.5) is 11.8 Å². The summed E-state index contributed by atoms with van der Waals surface area (Å²) in [6.07, 6.45) is 3.69. The van der Waals surface area contributed by atoms with Crippen LogP contribution in [0.3, 0.4) is 0 Å². The molecule has 0 atom stereocenters. The Bertz CT molecular complexity index is 745. The fourth-order valence-electron chi connectivity index (χ4n) is 2.53. The van der Waals surface area contributed by atoms with Gasteiger partial charge in [0.25, 0.3) is 5.91 Å². The van der Waals surface area contributed by atoms with Crippen molar-refractivity contribution < 1.29 is 4.79 Å². The lowest BCUT2D eigenvalue weighted by molar-refractivity contribution is 0.102. The van der Waals surface area contributed by atoms with Crippen LogP contribution in [-0.4, -0.2) is 39.2 Å². The highest BCUT2D eigenvalue weighted by Crippen LogP contribution is 2.23. The molecule has 1 fully saturated rings. The Morgan fingerprint density at radius 2 is 2.04 bits per heavy atom. The molecule has 0 spiro atoms. The van der Waals surface area contributed by atoms with Crippen LogP contribution in [0.5, 0.6) is 0 Å². The van der Waals surface area contributed by atoms with Crippen molar-refractivity contribution in [1.82, 2.24) is 20.2 Å². The number of rotatable bonds is 3. The number of carbonyl (C=O) groups is 1. The van der Waals surface area contributed by atoms with Gasteiger partial charge in [0.15, 0.2) is 11.5 Å². The maximum Gasteiger partial charge on any atom is 0.277 e. The Kier molecular flexibility index (Phi) is 4.45. The average molecular weight is 349 g/mol. The van der Waals surface area contributed by atoms with Crippen molar-refractivity contribution in [3.8, 4) is 0 Å². The molecule has 2 aromatic heterocycles. The van der Waals surface area contributed by atoms with E-state index in [9.17, 15) is 4.79 Å². The van der Waals surface area contributed by atoms with Gasteiger partial charge >= 0.3 is 0 Å². The molecule has 7 nitrogen and oxygen atoms in total. The fraction of sp³-hybridized carbons (Fsp3) is 0.500. The van der Waals surface area contributed by atoms with Crippen LogP contribution in [0.25, 0.3) is 0 Å². The SMILES string of the molecule is CC(C)(C)c1cc(NC(=O)c2nc(N3CCCC3)ncc2Cl)n[nH]1. The Labute approximate surface area is 145 Å². The Hall–Kier alpha value is -2.15. The highest BCUT2D eigenvalue weighted by molar-refractivity contribution is 6.34. The van der Waals surface area contributed by atoms with E-state index in [0.29, 0.717) is 11.8 Å². The monoisotopic (exact) mass is 348 g/mol. The zero-order valence-electron chi connectivity index (χ0n) is 14.1. The molecule has 0 aliphatic carbocycles. The quantitative estimate of drug-likeness (QED) is 0.890. The van der Waals surface area contributed by atoms with E-state index in [1.165, 1.54) is 6.20 Å². The minimum absolute atomic E-state index is 0.0779. The first-order chi connectivity index (χ1) is 11.3. The Morgan fingerprint density at radius 3 is 2.67 bits per heavy atom. The number of hydrogen-bond acceptors (Lipinski definition) is 5. The van der Waals surface area contributed by atoms with Gasteiger partial charge in [-0.2, -0.15) is 5.10 Å². The zero-order chi connectivity index (χ0) is 17.3. The molecule has 0 aromatic carbocycles. The maximum absolute atomic E-state index is 12.5. The third kappa shape index (κ3) is 3.51. The number of aromatic amines is 1. The van der Waals surface area contributed by atoms with E-state index in [1.54, 1.807) is 0 Å². The van der Waals surface area contributed by atoms with Gasteiger partial charge < -0.3 is 10.2 Å². The third-order valence-corrected chi connectivity index (χ3v) is 4.24. The Balaban J connectivity index is 1.79. The molecular weight excluding hydrogens is 328 g/mol.